The Hall–Kier alpha value is -2.72. The Balaban J connectivity index is 2.41. The maximum absolute atomic E-state index is 13.5. The van der Waals surface area contributed by atoms with Gasteiger partial charge in [-0.1, -0.05) is 6.07 Å². The van der Waals surface area contributed by atoms with E-state index in [1.807, 2.05) is 0 Å². The molecule has 0 fully saturated rings. The number of sulfonamides is 1. The number of anilines is 1. The van der Waals surface area contributed by atoms with Crippen molar-refractivity contribution >= 4 is 22.0 Å². The number of hydrogen-bond acceptors (Lipinski definition) is 4. The average molecular weight is 304 g/mol. The zero-order valence-corrected chi connectivity index (χ0v) is 11.4. The molecule has 2 aromatic carbocycles. The molecule has 0 spiro atoms. The van der Waals surface area contributed by atoms with Crippen LogP contribution in [0.25, 0.3) is 0 Å². The summed E-state index contributed by atoms with van der Waals surface area (Å²) in [6.45, 7) is 0. The van der Waals surface area contributed by atoms with Crippen molar-refractivity contribution in [3.63, 3.8) is 0 Å². The smallest absolute Gasteiger partial charge is 0.263 e. The zero-order chi connectivity index (χ0) is 15.5. The molecule has 0 saturated heterocycles. The molecule has 0 heterocycles. The van der Waals surface area contributed by atoms with E-state index in [1.54, 1.807) is 0 Å². The monoisotopic (exact) mass is 304 g/mol. The van der Waals surface area contributed by atoms with Gasteiger partial charge in [0.05, 0.1) is 0 Å². The summed E-state index contributed by atoms with van der Waals surface area (Å²) in [6, 6.07) is 10.6. The molecule has 106 valence electrons. The SMILES string of the molecule is N#Cc1c(F)cccc1S(=O)(=O)Nc1ccc(C=O)cc1. The summed E-state index contributed by atoms with van der Waals surface area (Å²) in [5.41, 5.74) is 0.0460. The van der Waals surface area contributed by atoms with Gasteiger partial charge in [-0.05, 0) is 36.4 Å². The third-order valence-corrected chi connectivity index (χ3v) is 4.10. The number of halogens is 1. The summed E-state index contributed by atoms with van der Waals surface area (Å²) in [5, 5.41) is 8.88. The van der Waals surface area contributed by atoms with E-state index in [2.05, 4.69) is 4.72 Å². The number of nitrogens with one attached hydrogen (secondary N) is 1. The highest BCUT2D eigenvalue weighted by Gasteiger charge is 2.21. The molecule has 1 N–H and O–H groups in total. The van der Waals surface area contributed by atoms with E-state index >= 15 is 0 Å². The van der Waals surface area contributed by atoms with Gasteiger partial charge < -0.3 is 0 Å². The summed E-state index contributed by atoms with van der Waals surface area (Å²) in [5.74, 6) is -0.906. The average Bonchev–Trinajstić information content (AvgIpc) is 2.47. The first-order valence-electron chi connectivity index (χ1n) is 5.74. The molecule has 0 saturated carbocycles. The predicted molar refractivity (Wildman–Crippen MR) is 73.8 cm³/mol. The zero-order valence-electron chi connectivity index (χ0n) is 10.6. The fourth-order valence-electron chi connectivity index (χ4n) is 1.68. The number of nitriles is 1. The van der Waals surface area contributed by atoms with Crippen molar-refractivity contribution in [1.29, 1.82) is 5.26 Å². The Morgan fingerprint density at radius 2 is 1.81 bits per heavy atom. The van der Waals surface area contributed by atoms with Crippen molar-refractivity contribution in [1.82, 2.24) is 0 Å². The molecule has 0 radical (unpaired) electrons. The molecular formula is C14H9FN2O3S. The lowest BCUT2D eigenvalue weighted by Gasteiger charge is -2.09. The van der Waals surface area contributed by atoms with Gasteiger partial charge in [-0.3, -0.25) is 9.52 Å². The van der Waals surface area contributed by atoms with Crippen LogP contribution in [-0.4, -0.2) is 14.7 Å². The second kappa shape index (κ2) is 5.73. The van der Waals surface area contributed by atoms with Crippen LogP contribution < -0.4 is 4.72 Å². The largest absolute Gasteiger partial charge is 0.298 e. The van der Waals surface area contributed by atoms with Gasteiger partial charge >= 0.3 is 0 Å². The molecule has 2 rings (SSSR count). The van der Waals surface area contributed by atoms with Crippen LogP contribution in [0, 0.1) is 17.1 Å². The Morgan fingerprint density at radius 1 is 1.14 bits per heavy atom. The highest BCUT2D eigenvalue weighted by Crippen LogP contribution is 2.21. The molecule has 0 aliphatic heterocycles. The van der Waals surface area contributed by atoms with Crippen LogP contribution in [0.5, 0.6) is 0 Å². The van der Waals surface area contributed by atoms with Gasteiger partial charge in [0.1, 0.15) is 28.6 Å². The van der Waals surface area contributed by atoms with E-state index in [0.29, 0.717) is 11.8 Å². The highest BCUT2D eigenvalue weighted by molar-refractivity contribution is 7.92. The first-order chi connectivity index (χ1) is 9.97. The number of nitrogens with zero attached hydrogens (tertiary/aromatic N) is 1. The van der Waals surface area contributed by atoms with Crippen molar-refractivity contribution in [3.8, 4) is 6.07 Å². The van der Waals surface area contributed by atoms with Crippen molar-refractivity contribution in [2.45, 2.75) is 4.90 Å². The number of carbonyl (C=O) groups is 1. The summed E-state index contributed by atoms with van der Waals surface area (Å²) in [7, 11) is -4.10. The Labute approximate surface area is 120 Å². The molecule has 7 heteroatoms. The van der Waals surface area contributed by atoms with Crippen molar-refractivity contribution in [3.05, 3.63) is 59.4 Å². The number of benzene rings is 2. The quantitative estimate of drug-likeness (QED) is 0.878. The Morgan fingerprint density at radius 3 is 2.38 bits per heavy atom. The van der Waals surface area contributed by atoms with Crippen LogP contribution in [0.3, 0.4) is 0 Å². The van der Waals surface area contributed by atoms with Crippen LogP contribution in [0.1, 0.15) is 15.9 Å². The normalized spacial score (nSPS) is 10.7. The van der Waals surface area contributed by atoms with Crippen LogP contribution >= 0.6 is 0 Å². The van der Waals surface area contributed by atoms with Crippen molar-refractivity contribution in [2.75, 3.05) is 4.72 Å². The van der Waals surface area contributed by atoms with E-state index in [1.165, 1.54) is 36.4 Å². The molecule has 0 aromatic heterocycles. The van der Waals surface area contributed by atoms with Gasteiger partial charge in [-0.15, -0.1) is 0 Å². The Bertz CT molecular complexity index is 824. The highest BCUT2D eigenvalue weighted by atomic mass is 32.2. The summed E-state index contributed by atoms with van der Waals surface area (Å²) < 4.78 is 40.1. The van der Waals surface area contributed by atoms with Gasteiger partial charge in [0.15, 0.2) is 0 Å². The first kappa shape index (κ1) is 14.7. The number of rotatable bonds is 4. The Kier molecular flexibility index (Phi) is 4.00. The summed E-state index contributed by atoms with van der Waals surface area (Å²) in [6.07, 6.45) is 0.624. The van der Waals surface area contributed by atoms with Gasteiger partial charge in [0.25, 0.3) is 10.0 Å². The van der Waals surface area contributed by atoms with E-state index < -0.39 is 26.3 Å². The summed E-state index contributed by atoms with van der Waals surface area (Å²) in [4.78, 5) is 10.1. The third kappa shape index (κ3) is 3.07. The van der Waals surface area contributed by atoms with Gasteiger partial charge in [-0.2, -0.15) is 5.26 Å². The van der Waals surface area contributed by atoms with Gasteiger partial charge in [0.2, 0.25) is 0 Å². The van der Waals surface area contributed by atoms with E-state index in [9.17, 15) is 17.6 Å². The molecule has 5 nitrogen and oxygen atoms in total. The van der Waals surface area contributed by atoms with E-state index in [-0.39, 0.29) is 5.69 Å². The molecule has 0 aliphatic rings. The second-order valence-corrected chi connectivity index (χ2v) is 5.72. The third-order valence-electron chi connectivity index (χ3n) is 2.68. The summed E-state index contributed by atoms with van der Waals surface area (Å²) >= 11 is 0. The minimum atomic E-state index is -4.10. The van der Waals surface area contributed by atoms with Crippen LogP contribution in [0.2, 0.25) is 0 Å². The number of aldehydes is 1. The second-order valence-electron chi connectivity index (χ2n) is 4.07. The fraction of sp³-hybridized carbons (Fsp3) is 0. The van der Waals surface area contributed by atoms with Crippen LogP contribution in [0.15, 0.2) is 47.4 Å². The minimum Gasteiger partial charge on any atom is -0.298 e. The number of hydrogen-bond donors (Lipinski definition) is 1. The molecule has 0 bridgehead atoms. The lowest BCUT2D eigenvalue weighted by molar-refractivity contribution is 0.112. The lowest BCUT2D eigenvalue weighted by Crippen LogP contribution is -2.15. The standard InChI is InChI=1S/C14H9FN2O3S/c15-13-2-1-3-14(12(13)8-16)21(19,20)17-11-6-4-10(9-18)5-7-11/h1-7,9,17H. The predicted octanol–water partition coefficient (Wildman–Crippen LogP) is 2.31. The van der Waals surface area contributed by atoms with Crippen molar-refractivity contribution < 1.29 is 17.6 Å². The van der Waals surface area contributed by atoms with Crippen LogP contribution in [-0.2, 0) is 10.0 Å². The van der Waals surface area contributed by atoms with E-state index in [4.69, 9.17) is 5.26 Å². The maximum atomic E-state index is 13.5. The topological polar surface area (TPSA) is 87.0 Å². The molecular weight excluding hydrogens is 295 g/mol. The van der Waals surface area contributed by atoms with Gasteiger partial charge in [0, 0.05) is 11.3 Å². The van der Waals surface area contributed by atoms with E-state index in [0.717, 1.165) is 12.1 Å². The molecule has 21 heavy (non-hydrogen) atoms. The van der Waals surface area contributed by atoms with Crippen LogP contribution in [0.4, 0.5) is 10.1 Å². The number of carbonyl (C=O) groups excluding carboxylic acids is 1. The molecule has 0 atom stereocenters. The first-order valence-corrected chi connectivity index (χ1v) is 7.23. The van der Waals surface area contributed by atoms with Crippen molar-refractivity contribution in [2.24, 2.45) is 0 Å². The maximum Gasteiger partial charge on any atom is 0.263 e. The lowest BCUT2D eigenvalue weighted by atomic mass is 10.2. The molecule has 0 amide bonds. The fourth-order valence-corrected chi connectivity index (χ4v) is 2.90. The molecule has 0 unspecified atom stereocenters. The minimum absolute atomic E-state index is 0.203. The molecule has 0 aliphatic carbocycles. The van der Waals surface area contributed by atoms with Gasteiger partial charge in [-0.25, -0.2) is 12.8 Å². The molecule has 2 aromatic rings.